The Morgan fingerprint density at radius 2 is 1.29 bits per heavy atom. The van der Waals surface area contributed by atoms with E-state index in [1.165, 1.54) is 9.80 Å². The summed E-state index contributed by atoms with van der Waals surface area (Å²) in [6, 6.07) is 7.50. The molecule has 0 heterocycles. The Bertz CT molecular complexity index is 490. The van der Waals surface area contributed by atoms with Gasteiger partial charge in [0.05, 0.1) is 0 Å². The predicted octanol–water partition coefficient (Wildman–Crippen LogP) is 4.25. The maximum Gasteiger partial charge on any atom is 0.407 e. The van der Waals surface area contributed by atoms with E-state index in [9.17, 15) is 19.8 Å². The van der Waals surface area contributed by atoms with Crippen molar-refractivity contribution in [2.45, 2.75) is 52.6 Å². The molecule has 0 aliphatic carbocycles. The Morgan fingerprint density at radius 3 is 1.62 bits per heavy atom. The van der Waals surface area contributed by atoms with Crippen LogP contribution in [-0.2, 0) is 13.1 Å². The number of rotatable bonds is 10. The molecule has 0 saturated carbocycles. The van der Waals surface area contributed by atoms with Crippen molar-refractivity contribution >= 4 is 12.2 Å². The van der Waals surface area contributed by atoms with E-state index >= 15 is 0 Å². The number of hydrogen-bond donors (Lipinski definition) is 2. The van der Waals surface area contributed by atoms with Crippen LogP contribution in [0, 0.1) is 0 Å². The standard InChI is InChI=1S/C18H28N2O4/c1-3-5-10-19(17(21)22)13-15-8-7-9-16(12-15)14-20(18(23)24)11-6-4-2/h7-9,12H,3-6,10-11,13-14H2,1-2H3,(H,21,22)(H,23,24). The molecule has 0 radical (unpaired) electrons. The van der Waals surface area contributed by atoms with E-state index in [1.807, 2.05) is 38.1 Å². The van der Waals surface area contributed by atoms with Crippen LogP contribution in [-0.4, -0.2) is 45.3 Å². The minimum absolute atomic E-state index is 0.325. The molecule has 1 aromatic carbocycles. The topological polar surface area (TPSA) is 81.1 Å². The van der Waals surface area contributed by atoms with Gasteiger partial charge in [0, 0.05) is 26.2 Å². The summed E-state index contributed by atoms with van der Waals surface area (Å²) in [4.78, 5) is 25.4. The molecule has 0 aliphatic rings. The average molecular weight is 336 g/mol. The Kier molecular flexibility index (Phi) is 8.68. The minimum Gasteiger partial charge on any atom is -0.465 e. The van der Waals surface area contributed by atoms with Gasteiger partial charge >= 0.3 is 12.2 Å². The van der Waals surface area contributed by atoms with Gasteiger partial charge in [-0.25, -0.2) is 9.59 Å². The number of carbonyl (C=O) groups is 2. The third kappa shape index (κ3) is 6.89. The summed E-state index contributed by atoms with van der Waals surface area (Å²) in [6.45, 7) is 5.72. The fraction of sp³-hybridized carbons (Fsp3) is 0.556. The second-order valence-corrected chi connectivity index (χ2v) is 5.94. The SMILES string of the molecule is CCCCN(Cc1cccc(CN(CCCC)C(=O)O)c1)C(=O)O. The van der Waals surface area contributed by atoms with Crippen LogP contribution in [0.5, 0.6) is 0 Å². The van der Waals surface area contributed by atoms with Crippen molar-refractivity contribution < 1.29 is 19.8 Å². The van der Waals surface area contributed by atoms with E-state index in [4.69, 9.17) is 0 Å². The largest absolute Gasteiger partial charge is 0.465 e. The van der Waals surface area contributed by atoms with Crippen LogP contribution in [0.15, 0.2) is 24.3 Å². The Labute approximate surface area is 143 Å². The van der Waals surface area contributed by atoms with Crippen molar-refractivity contribution in [1.29, 1.82) is 0 Å². The zero-order chi connectivity index (χ0) is 17.9. The number of nitrogens with zero attached hydrogens (tertiary/aromatic N) is 2. The molecule has 0 aliphatic heterocycles. The molecule has 0 bridgehead atoms. The summed E-state index contributed by atoms with van der Waals surface area (Å²) < 4.78 is 0. The quantitative estimate of drug-likeness (QED) is 0.669. The van der Waals surface area contributed by atoms with Crippen LogP contribution < -0.4 is 0 Å². The number of hydrogen-bond acceptors (Lipinski definition) is 2. The summed E-state index contributed by atoms with van der Waals surface area (Å²) in [5.41, 5.74) is 1.76. The molecule has 0 aromatic heterocycles. The first-order valence-electron chi connectivity index (χ1n) is 8.51. The van der Waals surface area contributed by atoms with Crippen LogP contribution in [0.4, 0.5) is 9.59 Å². The highest BCUT2D eigenvalue weighted by Crippen LogP contribution is 2.12. The molecule has 2 amide bonds. The van der Waals surface area contributed by atoms with E-state index in [0.29, 0.717) is 26.2 Å². The van der Waals surface area contributed by atoms with Gasteiger partial charge < -0.3 is 20.0 Å². The maximum absolute atomic E-state index is 11.3. The van der Waals surface area contributed by atoms with Crippen molar-refractivity contribution in [3.05, 3.63) is 35.4 Å². The van der Waals surface area contributed by atoms with Crippen molar-refractivity contribution in [2.24, 2.45) is 0 Å². The molecule has 0 saturated heterocycles. The van der Waals surface area contributed by atoms with E-state index in [2.05, 4.69) is 0 Å². The van der Waals surface area contributed by atoms with Crippen molar-refractivity contribution in [3.8, 4) is 0 Å². The molecule has 134 valence electrons. The van der Waals surface area contributed by atoms with Gasteiger partial charge in [-0.15, -0.1) is 0 Å². The van der Waals surface area contributed by atoms with Gasteiger partial charge in [0.1, 0.15) is 0 Å². The first kappa shape index (κ1) is 19.8. The zero-order valence-corrected chi connectivity index (χ0v) is 14.6. The first-order valence-corrected chi connectivity index (χ1v) is 8.51. The molecule has 24 heavy (non-hydrogen) atoms. The molecule has 0 spiro atoms. The van der Waals surface area contributed by atoms with Gasteiger partial charge in [-0.2, -0.15) is 0 Å². The number of unbranched alkanes of at least 4 members (excludes halogenated alkanes) is 2. The third-order valence-corrected chi connectivity index (χ3v) is 3.84. The molecule has 0 fully saturated rings. The lowest BCUT2D eigenvalue weighted by molar-refractivity contribution is 0.141. The third-order valence-electron chi connectivity index (χ3n) is 3.84. The highest BCUT2D eigenvalue weighted by atomic mass is 16.4. The lowest BCUT2D eigenvalue weighted by atomic mass is 10.1. The van der Waals surface area contributed by atoms with Gasteiger partial charge in [-0.3, -0.25) is 0 Å². The van der Waals surface area contributed by atoms with Crippen molar-refractivity contribution in [2.75, 3.05) is 13.1 Å². The molecule has 1 rings (SSSR count). The highest BCUT2D eigenvalue weighted by Gasteiger charge is 2.14. The monoisotopic (exact) mass is 336 g/mol. The molecule has 0 atom stereocenters. The first-order chi connectivity index (χ1) is 11.5. The van der Waals surface area contributed by atoms with Crippen molar-refractivity contribution in [1.82, 2.24) is 9.80 Å². The molecular formula is C18H28N2O4. The van der Waals surface area contributed by atoms with E-state index in [0.717, 1.165) is 36.8 Å². The van der Waals surface area contributed by atoms with Gasteiger partial charge in [-0.05, 0) is 24.0 Å². The molecule has 2 N–H and O–H groups in total. The van der Waals surface area contributed by atoms with Gasteiger partial charge in [0.2, 0.25) is 0 Å². The van der Waals surface area contributed by atoms with Gasteiger partial charge in [-0.1, -0.05) is 51.0 Å². The Hall–Kier alpha value is -2.24. The fourth-order valence-corrected chi connectivity index (χ4v) is 2.45. The second kappa shape index (κ2) is 10.5. The fourth-order valence-electron chi connectivity index (χ4n) is 2.45. The Morgan fingerprint density at radius 1 is 0.875 bits per heavy atom. The minimum atomic E-state index is -0.927. The van der Waals surface area contributed by atoms with Gasteiger partial charge in [0.15, 0.2) is 0 Å². The summed E-state index contributed by atoms with van der Waals surface area (Å²) in [5.74, 6) is 0. The molecule has 6 nitrogen and oxygen atoms in total. The summed E-state index contributed by atoms with van der Waals surface area (Å²) >= 11 is 0. The number of benzene rings is 1. The van der Waals surface area contributed by atoms with Crippen LogP contribution >= 0.6 is 0 Å². The Balaban J connectivity index is 2.77. The summed E-state index contributed by atoms with van der Waals surface area (Å²) in [6.07, 6.45) is 1.68. The lowest BCUT2D eigenvalue weighted by Crippen LogP contribution is -2.31. The van der Waals surface area contributed by atoms with E-state index < -0.39 is 12.2 Å². The maximum atomic E-state index is 11.3. The zero-order valence-electron chi connectivity index (χ0n) is 14.6. The highest BCUT2D eigenvalue weighted by molar-refractivity contribution is 5.65. The molecular weight excluding hydrogens is 308 g/mol. The van der Waals surface area contributed by atoms with Crippen LogP contribution in [0.3, 0.4) is 0 Å². The normalized spacial score (nSPS) is 10.4. The molecule has 1 aromatic rings. The number of amides is 2. The average Bonchev–Trinajstić information content (AvgIpc) is 2.55. The summed E-state index contributed by atoms with van der Waals surface area (Å²) in [7, 11) is 0. The molecule has 0 unspecified atom stereocenters. The van der Waals surface area contributed by atoms with Crippen LogP contribution in [0.25, 0.3) is 0 Å². The van der Waals surface area contributed by atoms with E-state index in [-0.39, 0.29) is 0 Å². The predicted molar refractivity (Wildman–Crippen MR) is 93.1 cm³/mol. The summed E-state index contributed by atoms with van der Waals surface area (Å²) in [5, 5.41) is 18.6. The van der Waals surface area contributed by atoms with Crippen molar-refractivity contribution in [3.63, 3.8) is 0 Å². The number of carboxylic acid groups (broad SMARTS) is 2. The second-order valence-electron chi connectivity index (χ2n) is 5.94. The van der Waals surface area contributed by atoms with Gasteiger partial charge in [0.25, 0.3) is 0 Å². The van der Waals surface area contributed by atoms with E-state index in [1.54, 1.807) is 0 Å². The molecule has 6 heteroatoms. The smallest absolute Gasteiger partial charge is 0.407 e. The lowest BCUT2D eigenvalue weighted by Gasteiger charge is -2.21. The van der Waals surface area contributed by atoms with Crippen LogP contribution in [0.2, 0.25) is 0 Å². The van der Waals surface area contributed by atoms with Crippen LogP contribution in [0.1, 0.15) is 50.7 Å².